The Morgan fingerprint density at radius 2 is 2.17 bits per heavy atom. The Morgan fingerprint density at radius 3 is 2.58 bits per heavy atom. The number of hydrogen-bond donors (Lipinski definition) is 0. The van der Waals surface area contributed by atoms with E-state index in [1.807, 2.05) is 0 Å². The van der Waals surface area contributed by atoms with Gasteiger partial charge in [0.15, 0.2) is 0 Å². The molecule has 0 aromatic heterocycles. The lowest BCUT2D eigenvalue weighted by molar-refractivity contribution is 0.118. The first kappa shape index (κ1) is 10.3. The lowest BCUT2D eigenvalue weighted by atomic mass is 10.0. The lowest BCUT2D eigenvalue weighted by Gasteiger charge is -2.12. The van der Waals surface area contributed by atoms with Crippen LogP contribution in [-0.4, -0.2) is 19.1 Å². The van der Waals surface area contributed by atoms with E-state index in [-0.39, 0.29) is 0 Å². The van der Waals surface area contributed by atoms with Crippen LogP contribution in [0.1, 0.15) is 33.1 Å². The smallest absolute Gasteiger partial charge is 0.0471 e. The van der Waals surface area contributed by atoms with Gasteiger partial charge in [0.25, 0.3) is 0 Å². The molecule has 1 aliphatic rings. The molecule has 2 atom stereocenters. The summed E-state index contributed by atoms with van der Waals surface area (Å²) in [6.45, 7) is 6.21. The predicted molar refractivity (Wildman–Crippen MR) is 52.7 cm³/mol. The van der Waals surface area contributed by atoms with Crippen molar-refractivity contribution in [3.05, 3.63) is 0 Å². The topological polar surface area (TPSA) is 9.23 Å². The summed E-state index contributed by atoms with van der Waals surface area (Å²) in [5.41, 5.74) is 0.440. The molecule has 0 aliphatic heterocycles. The van der Waals surface area contributed by atoms with Crippen molar-refractivity contribution >= 4 is 11.6 Å². The van der Waals surface area contributed by atoms with Crippen molar-refractivity contribution in [3.63, 3.8) is 0 Å². The second-order valence-corrected chi connectivity index (χ2v) is 4.23. The summed E-state index contributed by atoms with van der Waals surface area (Å²) in [5, 5.41) is 0. The first-order valence-corrected chi connectivity index (χ1v) is 5.42. The quantitative estimate of drug-likeness (QED) is 0.462. The molecule has 0 aromatic carbocycles. The van der Waals surface area contributed by atoms with Gasteiger partial charge in [0.05, 0.1) is 0 Å². The number of hydrogen-bond acceptors (Lipinski definition) is 1. The highest BCUT2D eigenvalue weighted by atomic mass is 35.5. The molecule has 12 heavy (non-hydrogen) atoms. The maximum absolute atomic E-state index is 5.91. The Kier molecular flexibility index (Phi) is 3.85. The minimum absolute atomic E-state index is 0.440. The third-order valence-corrected chi connectivity index (χ3v) is 3.49. The summed E-state index contributed by atoms with van der Waals surface area (Å²) in [4.78, 5) is 0. The van der Waals surface area contributed by atoms with Crippen LogP contribution < -0.4 is 0 Å². The normalized spacial score (nSPS) is 33.8. The Morgan fingerprint density at radius 1 is 1.50 bits per heavy atom. The minimum atomic E-state index is 0.440. The average molecular weight is 191 g/mol. The van der Waals surface area contributed by atoms with Crippen LogP contribution in [0, 0.1) is 11.3 Å². The van der Waals surface area contributed by atoms with Crippen LogP contribution in [0.3, 0.4) is 0 Å². The van der Waals surface area contributed by atoms with E-state index in [0.717, 1.165) is 37.9 Å². The lowest BCUT2D eigenvalue weighted by Crippen LogP contribution is -2.10. The van der Waals surface area contributed by atoms with Crippen molar-refractivity contribution in [1.29, 1.82) is 0 Å². The van der Waals surface area contributed by atoms with E-state index < -0.39 is 0 Å². The van der Waals surface area contributed by atoms with Gasteiger partial charge in [0.1, 0.15) is 0 Å². The Hall–Kier alpha value is 0.250. The first-order chi connectivity index (χ1) is 5.75. The average Bonchev–Trinajstić information content (AvgIpc) is 2.72. The van der Waals surface area contributed by atoms with Gasteiger partial charge in [-0.3, -0.25) is 0 Å². The highest BCUT2D eigenvalue weighted by Gasteiger charge is 2.49. The summed E-state index contributed by atoms with van der Waals surface area (Å²) in [6, 6.07) is 0. The third-order valence-electron chi connectivity index (χ3n) is 2.96. The van der Waals surface area contributed by atoms with Crippen molar-refractivity contribution in [2.75, 3.05) is 19.1 Å². The largest absolute Gasteiger partial charge is 0.381 e. The maximum Gasteiger partial charge on any atom is 0.0471 e. The first-order valence-electron chi connectivity index (χ1n) is 4.89. The molecule has 0 heterocycles. The standard InChI is InChI=1S/C10H19ClO/c1-3-5-12-6-4-10(8-11)7-9(10)2/h9H,3-8H2,1-2H3. The fourth-order valence-corrected chi connectivity index (χ4v) is 2.18. The fraction of sp³-hybridized carbons (Fsp3) is 1.00. The number of ether oxygens (including phenoxy) is 1. The Balaban J connectivity index is 2.06. The van der Waals surface area contributed by atoms with Crippen LogP contribution in [-0.2, 0) is 4.74 Å². The van der Waals surface area contributed by atoms with Crippen molar-refractivity contribution in [3.8, 4) is 0 Å². The molecule has 2 heteroatoms. The molecule has 1 fully saturated rings. The monoisotopic (exact) mass is 190 g/mol. The van der Waals surface area contributed by atoms with Crippen LogP contribution in [0.5, 0.6) is 0 Å². The van der Waals surface area contributed by atoms with E-state index >= 15 is 0 Å². The molecular formula is C10H19ClO. The van der Waals surface area contributed by atoms with E-state index in [4.69, 9.17) is 16.3 Å². The molecule has 1 rings (SSSR count). The summed E-state index contributed by atoms with van der Waals surface area (Å²) in [5.74, 6) is 1.63. The third kappa shape index (κ3) is 2.37. The molecule has 2 unspecified atom stereocenters. The van der Waals surface area contributed by atoms with Gasteiger partial charge < -0.3 is 4.74 Å². The SMILES string of the molecule is CCCOCCC1(CCl)CC1C. The maximum atomic E-state index is 5.91. The van der Waals surface area contributed by atoms with E-state index in [0.29, 0.717) is 5.41 Å². The van der Waals surface area contributed by atoms with Crippen molar-refractivity contribution in [1.82, 2.24) is 0 Å². The summed E-state index contributed by atoms with van der Waals surface area (Å²) in [7, 11) is 0. The molecular weight excluding hydrogens is 172 g/mol. The van der Waals surface area contributed by atoms with E-state index in [1.165, 1.54) is 6.42 Å². The van der Waals surface area contributed by atoms with Gasteiger partial charge in [0.2, 0.25) is 0 Å². The van der Waals surface area contributed by atoms with Gasteiger partial charge in [0, 0.05) is 19.1 Å². The molecule has 1 saturated carbocycles. The van der Waals surface area contributed by atoms with Crippen LogP contribution in [0.2, 0.25) is 0 Å². The highest BCUT2D eigenvalue weighted by molar-refractivity contribution is 6.18. The van der Waals surface area contributed by atoms with Gasteiger partial charge in [-0.15, -0.1) is 11.6 Å². The Labute approximate surface area is 80.4 Å². The van der Waals surface area contributed by atoms with Gasteiger partial charge in [-0.25, -0.2) is 0 Å². The van der Waals surface area contributed by atoms with Gasteiger partial charge in [-0.05, 0) is 30.6 Å². The van der Waals surface area contributed by atoms with E-state index in [9.17, 15) is 0 Å². The molecule has 0 amide bonds. The van der Waals surface area contributed by atoms with Crippen molar-refractivity contribution < 1.29 is 4.74 Å². The minimum Gasteiger partial charge on any atom is -0.381 e. The fourth-order valence-electron chi connectivity index (χ4n) is 1.67. The van der Waals surface area contributed by atoms with Crippen molar-refractivity contribution in [2.24, 2.45) is 11.3 Å². The number of alkyl halides is 1. The van der Waals surface area contributed by atoms with Crippen LogP contribution in [0.15, 0.2) is 0 Å². The molecule has 0 N–H and O–H groups in total. The number of rotatable bonds is 6. The molecule has 72 valence electrons. The van der Waals surface area contributed by atoms with E-state index in [2.05, 4.69) is 13.8 Å². The zero-order valence-electron chi connectivity index (χ0n) is 8.11. The summed E-state index contributed by atoms with van der Waals surface area (Å²) in [6.07, 6.45) is 3.56. The van der Waals surface area contributed by atoms with Crippen LogP contribution >= 0.6 is 11.6 Å². The molecule has 0 bridgehead atoms. The Bertz CT molecular complexity index is 134. The molecule has 0 spiro atoms. The predicted octanol–water partition coefficient (Wildman–Crippen LogP) is 3.07. The zero-order chi connectivity index (χ0) is 9.03. The number of halogens is 1. The molecule has 0 saturated heterocycles. The van der Waals surface area contributed by atoms with Crippen molar-refractivity contribution in [2.45, 2.75) is 33.1 Å². The summed E-state index contributed by atoms with van der Waals surface area (Å²) >= 11 is 5.91. The summed E-state index contributed by atoms with van der Waals surface area (Å²) < 4.78 is 5.45. The molecule has 0 aromatic rings. The van der Waals surface area contributed by atoms with Gasteiger partial charge in [-0.1, -0.05) is 13.8 Å². The second-order valence-electron chi connectivity index (χ2n) is 3.96. The van der Waals surface area contributed by atoms with Gasteiger partial charge in [-0.2, -0.15) is 0 Å². The van der Waals surface area contributed by atoms with Gasteiger partial charge >= 0.3 is 0 Å². The molecule has 1 aliphatic carbocycles. The molecule has 1 nitrogen and oxygen atoms in total. The zero-order valence-corrected chi connectivity index (χ0v) is 8.86. The highest BCUT2D eigenvalue weighted by Crippen LogP contribution is 2.55. The van der Waals surface area contributed by atoms with Crippen LogP contribution in [0.4, 0.5) is 0 Å². The van der Waals surface area contributed by atoms with E-state index in [1.54, 1.807) is 0 Å². The molecule has 0 radical (unpaired) electrons. The second kappa shape index (κ2) is 4.48. The van der Waals surface area contributed by atoms with Crippen LogP contribution in [0.25, 0.3) is 0 Å².